The highest BCUT2D eigenvalue weighted by Gasteiger charge is 2.46. The molecule has 1 saturated heterocycles. The number of hydrogen-bond donors (Lipinski definition) is 1. The van der Waals surface area contributed by atoms with Gasteiger partial charge in [-0.15, -0.1) is 0 Å². The number of rotatable bonds is 5. The van der Waals surface area contributed by atoms with E-state index in [2.05, 4.69) is 18.7 Å². The standard InChI is InChI=1S/C15H30N2O/c1-3-6-13(2)14(16)15(7-4-5-8-15)17-9-11-18-12-10-17/h13-14H,3-12,16H2,1-2H3. The lowest BCUT2D eigenvalue weighted by Gasteiger charge is -2.49. The Labute approximate surface area is 112 Å². The van der Waals surface area contributed by atoms with Crippen LogP contribution < -0.4 is 5.73 Å². The van der Waals surface area contributed by atoms with Crippen LogP contribution in [0.15, 0.2) is 0 Å². The number of morpholine rings is 1. The zero-order valence-electron chi connectivity index (χ0n) is 12.2. The summed E-state index contributed by atoms with van der Waals surface area (Å²) in [5.74, 6) is 0.635. The van der Waals surface area contributed by atoms with E-state index in [-0.39, 0.29) is 5.54 Å². The maximum Gasteiger partial charge on any atom is 0.0594 e. The predicted octanol–water partition coefficient (Wildman–Crippen LogP) is 2.39. The summed E-state index contributed by atoms with van der Waals surface area (Å²) in [4.78, 5) is 2.65. The number of hydrogen-bond acceptors (Lipinski definition) is 3. The summed E-state index contributed by atoms with van der Waals surface area (Å²) in [6, 6.07) is 0.332. The highest BCUT2D eigenvalue weighted by Crippen LogP contribution is 2.40. The molecular weight excluding hydrogens is 224 g/mol. The van der Waals surface area contributed by atoms with E-state index in [1.165, 1.54) is 38.5 Å². The van der Waals surface area contributed by atoms with E-state index in [9.17, 15) is 0 Å². The van der Waals surface area contributed by atoms with Gasteiger partial charge in [-0.1, -0.05) is 33.1 Å². The molecular formula is C15H30N2O. The first-order chi connectivity index (χ1) is 8.70. The second-order valence-corrected chi connectivity index (χ2v) is 6.20. The quantitative estimate of drug-likeness (QED) is 0.819. The molecule has 1 saturated carbocycles. The third-order valence-corrected chi connectivity index (χ3v) is 5.09. The topological polar surface area (TPSA) is 38.5 Å². The Balaban J connectivity index is 2.09. The molecule has 106 valence electrons. The van der Waals surface area contributed by atoms with Gasteiger partial charge < -0.3 is 10.5 Å². The highest BCUT2D eigenvalue weighted by molar-refractivity contribution is 5.04. The number of nitrogens with two attached hydrogens (primary N) is 1. The molecule has 0 aromatic rings. The minimum Gasteiger partial charge on any atom is -0.379 e. The lowest BCUT2D eigenvalue weighted by Crippen LogP contribution is -2.63. The van der Waals surface area contributed by atoms with Crippen LogP contribution >= 0.6 is 0 Å². The summed E-state index contributed by atoms with van der Waals surface area (Å²) in [5, 5.41) is 0. The molecule has 0 bridgehead atoms. The molecule has 2 atom stereocenters. The van der Waals surface area contributed by atoms with E-state index in [0.29, 0.717) is 12.0 Å². The molecule has 1 aliphatic heterocycles. The number of nitrogens with zero attached hydrogens (tertiary/aromatic N) is 1. The molecule has 18 heavy (non-hydrogen) atoms. The molecule has 0 spiro atoms. The third-order valence-electron chi connectivity index (χ3n) is 5.09. The third kappa shape index (κ3) is 2.73. The molecule has 1 aliphatic carbocycles. The molecule has 2 rings (SSSR count). The Hall–Kier alpha value is -0.120. The minimum atomic E-state index is 0.276. The number of ether oxygens (including phenoxy) is 1. The fraction of sp³-hybridized carbons (Fsp3) is 1.00. The van der Waals surface area contributed by atoms with Crippen LogP contribution in [0.5, 0.6) is 0 Å². The van der Waals surface area contributed by atoms with Crippen molar-refractivity contribution in [2.75, 3.05) is 26.3 Å². The van der Waals surface area contributed by atoms with Crippen molar-refractivity contribution in [2.24, 2.45) is 11.7 Å². The van der Waals surface area contributed by atoms with Crippen LogP contribution in [-0.2, 0) is 4.74 Å². The summed E-state index contributed by atoms with van der Waals surface area (Å²) in [7, 11) is 0. The van der Waals surface area contributed by atoms with Crippen molar-refractivity contribution in [1.29, 1.82) is 0 Å². The van der Waals surface area contributed by atoms with Crippen molar-refractivity contribution >= 4 is 0 Å². The van der Waals surface area contributed by atoms with Gasteiger partial charge >= 0.3 is 0 Å². The smallest absolute Gasteiger partial charge is 0.0594 e. The van der Waals surface area contributed by atoms with Crippen molar-refractivity contribution in [3.05, 3.63) is 0 Å². The lowest BCUT2D eigenvalue weighted by molar-refractivity contribution is -0.0377. The van der Waals surface area contributed by atoms with Gasteiger partial charge in [0, 0.05) is 24.7 Å². The first-order valence-electron chi connectivity index (χ1n) is 7.79. The van der Waals surface area contributed by atoms with E-state index < -0.39 is 0 Å². The van der Waals surface area contributed by atoms with Gasteiger partial charge in [0.15, 0.2) is 0 Å². The molecule has 0 aromatic carbocycles. The molecule has 2 fully saturated rings. The van der Waals surface area contributed by atoms with Crippen LogP contribution in [0.25, 0.3) is 0 Å². The summed E-state index contributed by atoms with van der Waals surface area (Å²) < 4.78 is 5.51. The van der Waals surface area contributed by atoms with Crippen molar-refractivity contribution < 1.29 is 4.74 Å². The normalized spacial score (nSPS) is 28.2. The van der Waals surface area contributed by atoms with E-state index in [1.807, 2.05) is 0 Å². The molecule has 0 amide bonds. The van der Waals surface area contributed by atoms with Crippen molar-refractivity contribution in [1.82, 2.24) is 4.90 Å². The molecule has 3 heteroatoms. The van der Waals surface area contributed by atoms with Crippen LogP contribution in [0.3, 0.4) is 0 Å². The summed E-state index contributed by atoms with van der Waals surface area (Å²) in [6.45, 7) is 8.53. The maximum absolute atomic E-state index is 6.69. The molecule has 3 nitrogen and oxygen atoms in total. The lowest BCUT2D eigenvalue weighted by atomic mass is 9.78. The first-order valence-corrected chi connectivity index (χ1v) is 7.79. The van der Waals surface area contributed by atoms with E-state index >= 15 is 0 Å². The fourth-order valence-corrected chi connectivity index (χ4v) is 4.02. The predicted molar refractivity (Wildman–Crippen MR) is 75.6 cm³/mol. The Morgan fingerprint density at radius 2 is 1.83 bits per heavy atom. The zero-order chi connectivity index (χ0) is 13.0. The Morgan fingerprint density at radius 1 is 1.22 bits per heavy atom. The minimum absolute atomic E-state index is 0.276. The molecule has 2 N–H and O–H groups in total. The van der Waals surface area contributed by atoms with Crippen LogP contribution in [0.4, 0.5) is 0 Å². The maximum atomic E-state index is 6.69. The van der Waals surface area contributed by atoms with Gasteiger partial charge in [0.05, 0.1) is 13.2 Å². The van der Waals surface area contributed by atoms with Crippen molar-refractivity contribution in [3.8, 4) is 0 Å². The average molecular weight is 254 g/mol. The Bertz CT molecular complexity index is 245. The summed E-state index contributed by atoms with van der Waals surface area (Å²) >= 11 is 0. The van der Waals surface area contributed by atoms with Gasteiger partial charge in [-0.05, 0) is 25.2 Å². The first kappa shape index (κ1) is 14.3. The van der Waals surface area contributed by atoms with E-state index in [1.54, 1.807) is 0 Å². The van der Waals surface area contributed by atoms with Gasteiger partial charge in [-0.3, -0.25) is 4.90 Å². The van der Waals surface area contributed by atoms with Gasteiger partial charge in [-0.25, -0.2) is 0 Å². The van der Waals surface area contributed by atoms with Gasteiger partial charge in [-0.2, -0.15) is 0 Å². The fourth-order valence-electron chi connectivity index (χ4n) is 4.02. The van der Waals surface area contributed by atoms with Crippen molar-refractivity contribution in [3.63, 3.8) is 0 Å². The van der Waals surface area contributed by atoms with Crippen molar-refractivity contribution in [2.45, 2.75) is 64.0 Å². The molecule has 2 aliphatic rings. The van der Waals surface area contributed by atoms with Crippen LogP contribution in [-0.4, -0.2) is 42.8 Å². The van der Waals surface area contributed by atoms with Crippen LogP contribution in [0.1, 0.15) is 52.4 Å². The van der Waals surface area contributed by atoms with Gasteiger partial charge in [0.2, 0.25) is 0 Å². The van der Waals surface area contributed by atoms with E-state index in [4.69, 9.17) is 10.5 Å². The molecule has 0 radical (unpaired) electrons. The average Bonchev–Trinajstić information content (AvgIpc) is 2.90. The molecule has 2 unspecified atom stereocenters. The van der Waals surface area contributed by atoms with E-state index in [0.717, 1.165) is 26.3 Å². The zero-order valence-corrected chi connectivity index (χ0v) is 12.2. The largest absolute Gasteiger partial charge is 0.379 e. The second kappa shape index (κ2) is 6.36. The van der Waals surface area contributed by atoms with Gasteiger partial charge in [0.1, 0.15) is 0 Å². The monoisotopic (exact) mass is 254 g/mol. The Kier molecular flexibility index (Phi) is 5.05. The molecule has 1 heterocycles. The highest BCUT2D eigenvalue weighted by atomic mass is 16.5. The Morgan fingerprint density at radius 3 is 2.39 bits per heavy atom. The summed E-state index contributed by atoms with van der Waals surface area (Å²) in [6.07, 6.45) is 7.79. The summed E-state index contributed by atoms with van der Waals surface area (Å²) in [5.41, 5.74) is 6.97. The second-order valence-electron chi connectivity index (χ2n) is 6.20. The van der Waals surface area contributed by atoms with Gasteiger partial charge in [0.25, 0.3) is 0 Å². The SMILES string of the molecule is CCCC(C)C(N)C1(N2CCOCC2)CCCC1. The van der Waals surface area contributed by atoms with Crippen LogP contribution in [0.2, 0.25) is 0 Å². The van der Waals surface area contributed by atoms with Crippen LogP contribution in [0, 0.1) is 5.92 Å². The molecule has 0 aromatic heterocycles.